The van der Waals surface area contributed by atoms with Gasteiger partial charge in [-0.3, -0.25) is 9.69 Å². The van der Waals surface area contributed by atoms with E-state index in [0.29, 0.717) is 18.9 Å². The van der Waals surface area contributed by atoms with Gasteiger partial charge in [-0.25, -0.2) is 4.98 Å². The number of pyridine rings is 1. The van der Waals surface area contributed by atoms with Crippen molar-refractivity contribution in [3.8, 4) is 5.88 Å². The van der Waals surface area contributed by atoms with Gasteiger partial charge in [0, 0.05) is 25.2 Å². The van der Waals surface area contributed by atoms with Gasteiger partial charge in [-0.15, -0.1) is 0 Å². The molecule has 0 amide bonds. The second kappa shape index (κ2) is 7.85. The average molecular weight is 278 g/mol. The Bertz CT molecular complexity index is 431. The van der Waals surface area contributed by atoms with E-state index in [9.17, 15) is 4.79 Å². The summed E-state index contributed by atoms with van der Waals surface area (Å²) in [5.41, 5.74) is 1.20. The van der Waals surface area contributed by atoms with E-state index >= 15 is 0 Å². The number of ether oxygens (including phenoxy) is 1. The fourth-order valence-corrected chi connectivity index (χ4v) is 2.40. The van der Waals surface area contributed by atoms with E-state index in [2.05, 4.69) is 9.88 Å². The number of aliphatic carboxylic acids is 1. The van der Waals surface area contributed by atoms with Crippen LogP contribution in [0.5, 0.6) is 5.88 Å². The van der Waals surface area contributed by atoms with Gasteiger partial charge in [-0.05, 0) is 44.0 Å². The number of aromatic nitrogens is 1. The number of piperidine rings is 1. The van der Waals surface area contributed by atoms with Crippen LogP contribution in [0.1, 0.15) is 37.7 Å². The van der Waals surface area contributed by atoms with Crippen molar-refractivity contribution in [3.63, 3.8) is 0 Å². The smallest absolute Gasteiger partial charge is 0.303 e. The molecular formula is C15H22N2O3. The molecule has 0 radical (unpaired) electrons. The minimum absolute atomic E-state index is 0.132. The van der Waals surface area contributed by atoms with Crippen LogP contribution in [0.2, 0.25) is 0 Å². The van der Waals surface area contributed by atoms with Crippen LogP contribution < -0.4 is 4.74 Å². The minimum atomic E-state index is -0.791. The van der Waals surface area contributed by atoms with E-state index in [0.717, 1.165) is 19.6 Å². The molecule has 2 rings (SSSR count). The number of nitrogens with zero attached hydrogens (tertiary/aromatic N) is 2. The lowest BCUT2D eigenvalue weighted by Gasteiger charge is -2.26. The maximum absolute atomic E-state index is 10.4. The van der Waals surface area contributed by atoms with E-state index in [1.54, 1.807) is 6.20 Å². The van der Waals surface area contributed by atoms with Crippen molar-refractivity contribution < 1.29 is 14.6 Å². The first-order valence-corrected chi connectivity index (χ1v) is 7.26. The molecule has 1 fully saturated rings. The number of hydrogen-bond acceptors (Lipinski definition) is 4. The van der Waals surface area contributed by atoms with Gasteiger partial charge in [0.05, 0.1) is 6.61 Å². The monoisotopic (exact) mass is 278 g/mol. The Morgan fingerprint density at radius 1 is 1.35 bits per heavy atom. The zero-order chi connectivity index (χ0) is 14.2. The first-order chi connectivity index (χ1) is 9.74. The molecule has 1 aliphatic rings. The number of rotatable bonds is 7. The summed E-state index contributed by atoms with van der Waals surface area (Å²) >= 11 is 0. The quantitative estimate of drug-likeness (QED) is 0.775. The van der Waals surface area contributed by atoms with Crippen molar-refractivity contribution in [2.24, 2.45) is 0 Å². The van der Waals surface area contributed by atoms with E-state index in [1.165, 1.54) is 24.8 Å². The summed E-state index contributed by atoms with van der Waals surface area (Å²) in [6.45, 7) is 3.66. The number of carboxylic acid groups (broad SMARTS) is 1. The lowest BCUT2D eigenvalue weighted by Crippen LogP contribution is -2.29. The molecule has 0 saturated carbocycles. The molecule has 20 heavy (non-hydrogen) atoms. The maximum Gasteiger partial charge on any atom is 0.303 e. The zero-order valence-electron chi connectivity index (χ0n) is 11.8. The highest BCUT2D eigenvalue weighted by molar-refractivity contribution is 5.66. The van der Waals surface area contributed by atoms with Crippen molar-refractivity contribution in [1.82, 2.24) is 9.88 Å². The van der Waals surface area contributed by atoms with Gasteiger partial charge in [0.25, 0.3) is 0 Å². The van der Waals surface area contributed by atoms with Crippen molar-refractivity contribution >= 4 is 5.97 Å². The van der Waals surface area contributed by atoms with E-state index in [4.69, 9.17) is 9.84 Å². The second-order valence-electron chi connectivity index (χ2n) is 5.18. The Balaban J connectivity index is 1.79. The highest BCUT2D eigenvalue weighted by atomic mass is 16.5. The number of carbonyl (C=O) groups is 1. The van der Waals surface area contributed by atoms with Crippen molar-refractivity contribution in [2.75, 3.05) is 19.7 Å². The summed E-state index contributed by atoms with van der Waals surface area (Å²) in [5, 5.41) is 8.56. The molecule has 110 valence electrons. The molecule has 1 aliphatic heterocycles. The summed E-state index contributed by atoms with van der Waals surface area (Å²) in [4.78, 5) is 17.0. The lowest BCUT2D eigenvalue weighted by atomic mass is 10.1. The van der Waals surface area contributed by atoms with Crippen LogP contribution in [0, 0.1) is 0 Å². The Hall–Kier alpha value is -1.62. The standard InChI is InChI=1S/C15H22N2O3/c18-15(19)5-4-10-20-14-11-13(6-7-16-14)12-17-8-2-1-3-9-17/h6-7,11H,1-5,8-10,12H2,(H,18,19). The van der Waals surface area contributed by atoms with Crippen molar-refractivity contribution in [3.05, 3.63) is 23.9 Å². The zero-order valence-corrected chi connectivity index (χ0v) is 11.8. The molecule has 5 nitrogen and oxygen atoms in total. The predicted molar refractivity (Wildman–Crippen MR) is 75.7 cm³/mol. The third-order valence-corrected chi connectivity index (χ3v) is 3.44. The van der Waals surface area contributed by atoms with Crippen LogP contribution in [-0.2, 0) is 11.3 Å². The molecule has 0 bridgehead atoms. The van der Waals surface area contributed by atoms with Gasteiger partial charge in [0.1, 0.15) is 0 Å². The van der Waals surface area contributed by atoms with Crippen LogP contribution in [0.25, 0.3) is 0 Å². The molecule has 1 saturated heterocycles. The summed E-state index contributed by atoms with van der Waals surface area (Å²) in [5.74, 6) is -0.203. The first kappa shape index (κ1) is 14.8. The van der Waals surface area contributed by atoms with Crippen molar-refractivity contribution in [2.45, 2.75) is 38.6 Å². The first-order valence-electron chi connectivity index (χ1n) is 7.26. The number of carboxylic acids is 1. The number of hydrogen-bond donors (Lipinski definition) is 1. The normalized spacial score (nSPS) is 16.0. The third kappa shape index (κ3) is 5.17. The van der Waals surface area contributed by atoms with E-state index in [-0.39, 0.29) is 6.42 Å². The molecule has 0 unspecified atom stereocenters. The summed E-state index contributed by atoms with van der Waals surface area (Å²) in [6.07, 6.45) is 6.30. The van der Waals surface area contributed by atoms with E-state index < -0.39 is 5.97 Å². The molecule has 0 atom stereocenters. The van der Waals surface area contributed by atoms with E-state index in [1.807, 2.05) is 12.1 Å². The van der Waals surface area contributed by atoms with Crippen molar-refractivity contribution in [1.29, 1.82) is 0 Å². The van der Waals surface area contributed by atoms with Gasteiger partial charge < -0.3 is 9.84 Å². The highest BCUT2D eigenvalue weighted by Gasteiger charge is 2.10. The molecular weight excluding hydrogens is 256 g/mol. The molecule has 1 aromatic rings. The van der Waals surface area contributed by atoms with Gasteiger partial charge in [0.15, 0.2) is 0 Å². The minimum Gasteiger partial charge on any atom is -0.481 e. The Morgan fingerprint density at radius 3 is 2.90 bits per heavy atom. The largest absolute Gasteiger partial charge is 0.481 e. The van der Waals surface area contributed by atoms with Gasteiger partial charge in [-0.2, -0.15) is 0 Å². The topological polar surface area (TPSA) is 62.7 Å². The van der Waals surface area contributed by atoms with Gasteiger partial charge >= 0.3 is 5.97 Å². The van der Waals surface area contributed by atoms with Crippen LogP contribution >= 0.6 is 0 Å². The lowest BCUT2D eigenvalue weighted by molar-refractivity contribution is -0.137. The van der Waals surface area contributed by atoms with Crippen LogP contribution in [0.3, 0.4) is 0 Å². The summed E-state index contributed by atoms with van der Waals surface area (Å²) < 4.78 is 5.49. The van der Waals surface area contributed by atoms with Crippen LogP contribution in [0.15, 0.2) is 18.3 Å². The molecule has 0 aliphatic carbocycles. The summed E-state index contributed by atoms with van der Waals surface area (Å²) in [6, 6.07) is 3.97. The highest BCUT2D eigenvalue weighted by Crippen LogP contribution is 2.15. The fourth-order valence-electron chi connectivity index (χ4n) is 2.40. The summed E-state index contributed by atoms with van der Waals surface area (Å²) in [7, 11) is 0. The Labute approximate surface area is 119 Å². The van der Waals surface area contributed by atoms with Crippen LogP contribution in [0.4, 0.5) is 0 Å². The van der Waals surface area contributed by atoms with Gasteiger partial charge in [-0.1, -0.05) is 6.42 Å². The fraction of sp³-hybridized carbons (Fsp3) is 0.600. The molecule has 5 heteroatoms. The average Bonchev–Trinajstić information content (AvgIpc) is 2.45. The maximum atomic E-state index is 10.4. The van der Waals surface area contributed by atoms with Crippen LogP contribution in [-0.4, -0.2) is 40.7 Å². The number of likely N-dealkylation sites (tertiary alicyclic amines) is 1. The molecule has 1 N–H and O–H groups in total. The molecule has 0 spiro atoms. The molecule has 1 aromatic heterocycles. The third-order valence-electron chi connectivity index (χ3n) is 3.44. The predicted octanol–water partition coefficient (Wildman–Crippen LogP) is 2.31. The Kier molecular flexibility index (Phi) is 5.80. The SMILES string of the molecule is O=C(O)CCCOc1cc(CN2CCCCC2)ccn1. The molecule has 2 heterocycles. The van der Waals surface area contributed by atoms with Gasteiger partial charge in [0.2, 0.25) is 5.88 Å². The Morgan fingerprint density at radius 2 is 2.15 bits per heavy atom. The molecule has 0 aromatic carbocycles. The second-order valence-corrected chi connectivity index (χ2v) is 5.18.